The van der Waals surface area contributed by atoms with Crippen molar-refractivity contribution < 1.29 is 19.1 Å². The van der Waals surface area contributed by atoms with Gasteiger partial charge >= 0.3 is 11.9 Å². The van der Waals surface area contributed by atoms with Crippen LogP contribution in [0.3, 0.4) is 0 Å². The quantitative estimate of drug-likeness (QED) is 0.273. The molecule has 0 aromatic carbocycles. The summed E-state index contributed by atoms with van der Waals surface area (Å²) in [5.74, 6) is -2.41. The van der Waals surface area contributed by atoms with Crippen molar-refractivity contribution in [1.29, 1.82) is 0 Å². The Morgan fingerprint density at radius 2 is 1.73 bits per heavy atom. The van der Waals surface area contributed by atoms with Crippen molar-refractivity contribution in [3.05, 3.63) is 0 Å². The van der Waals surface area contributed by atoms with Gasteiger partial charge in [0, 0.05) is 0 Å². The van der Waals surface area contributed by atoms with Crippen LogP contribution in [0.15, 0.2) is 0 Å². The summed E-state index contributed by atoms with van der Waals surface area (Å²) in [7, 11) is 1.21. The molecule has 0 aliphatic carbocycles. The van der Waals surface area contributed by atoms with Crippen LogP contribution in [0.5, 0.6) is 0 Å². The van der Waals surface area contributed by atoms with E-state index in [-0.39, 0.29) is 0 Å². The number of carbonyl (C=O) groups excluding carboxylic acids is 2. The van der Waals surface area contributed by atoms with Crippen LogP contribution in [0.1, 0.15) is 20.8 Å². The maximum absolute atomic E-state index is 11.6. The van der Waals surface area contributed by atoms with Crippen molar-refractivity contribution in [2.24, 2.45) is 11.7 Å². The Labute approximate surface area is 103 Å². The van der Waals surface area contributed by atoms with E-state index < -0.39 is 27.5 Å². The van der Waals surface area contributed by atoms with Crippen LogP contribution in [0.4, 0.5) is 0 Å². The predicted octanol–water partition coefficient (Wildman–Crippen LogP) is 0.837. The highest BCUT2D eigenvalue weighted by Crippen LogP contribution is 2.17. The standard InChI is InChI=1S/C9H16INO4/c1-9(2,3)15-8(13)5(6(10)11)7(12)14-4/h5-6H,11H2,1-4H3. The average molecular weight is 329 g/mol. The molecule has 2 atom stereocenters. The molecule has 0 fully saturated rings. The second-order valence-corrected chi connectivity index (χ2v) is 5.42. The van der Waals surface area contributed by atoms with Crippen molar-refractivity contribution in [1.82, 2.24) is 0 Å². The number of hydrogen-bond acceptors (Lipinski definition) is 5. The zero-order valence-electron chi connectivity index (χ0n) is 9.24. The molecule has 0 radical (unpaired) electrons. The number of rotatable bonds is 3. The van der Waals surface area contributed by atoms with Gasteiger partial charge in [0.25, 0.3) is 0 Å². The van der Waals surface area contributed by atoms with Crippen LogP contribution in [-0.4, -0.2) is 28.7 Å². The SMILES string of the molecule is COC(=O)C(C(=O)OC(C)(C)C)C(N)I. The van der Waals surface area contributed by atoms with E-state index in [0.29, 0.717) is 0 Å². The van der Waals surface area contributed by atoms with E-state index in [1.165, 1.54) is 7.11 Å². The molecule has 6 heteroatoms. The summed E-state index contributed by atoms with van der Waals surface area (Å²) < 4.78 is 8.88. The maximum atomic E-state index is 11.6. The molecule has 15 heavy (non-hydrogen) atoms. The normalized spacial score (nSPS) is 15.3. The first kappa shape index (κ1) is 14.6. The van der Waals surface area contributed by atoms with Gasteiger partial charge in [0.1, 0.15) is 5.60 Å². The highest BCUT2D eigenvalue weighted by Gasteiger charge is 2.36. The lowest BCUT2D eigenvalue weighted by atomic mass is 10.1. The maximum Gasteiger partial charge on any atom is 0.323 e. The van der Waals surface area contributed by atoms with Crippen molar-refractivity contribution >= 4 is 34.5 Å². The summed E-state index contributed by atoms with van der Waals surface area (Å²) in [5.41, 5.74) is 4.87. The number of halogens is 1. The molecule has 0 rings (SSSR count). The predicted molar refractivity (Wildman–Crippen MR) is 63.3 cm³/mol. The third-order valence-corrected chi connectivity index (χ3v) is 2.15. The Kier molecular flexibility index (Phi) is 5.50. The smallest absolute Gasteiger partial charge is 0.323 e. The first-order valence-electron chi connectivity index (χ1n) is 4.39. The number of esters is 2. The highest BCUT2D eigenvalue weighted by atomic mass is 127. The van der Waals surface area contributed by atoms with Gasteiger partial charge < -0.3 is 15.2 Å². The fourth-order valence-corrected chi connectivity index (χ4v) is 1.44. The van der Waals surface area contributed by atoms with Crippen LogP contribution in [0.25, 0.3) is 0 Å². The van der Waals surface area contributed by atoms with Gasteiger partial charge in [-0.15, -0.1) is 0 Å². The number of methoxy groups -OCH3 is 1. The van der Waals surface area contributed by atoms with Crippen LogP contribution in [-0.2, 0) is 19.1 Å². The first-order valence-corrected chi connectivity index (χ1v) is 5.64. The molecule has 0 heterocycles. The molecule has 2 N–H and O–H groups in total. The van der Waals surface area contributed by atoms with Gasteiger partial charge in [-0.1, -0.05) is 22.6 Å². The fourth-order valence-electron chi connectivity index (χ4n) is 0.848. The lowest BCUT2D eigenvalue weighted by Gasteiger charge is -2.23. The lowest BCUT2D eigenvalue weighted by molar-refractivity contribution is -0.167. The summed E-state index contributed by atoms with van der Waals surface area (Å²) in [6.45, 7) is 5.16. The molecular formula is C9H16INO4. The average Bonchev–Trinajstić information content (AvgIpc) is 1.99. The van der Waals surface area contributed by atoms with Gasteiger partial charge in [-0.3, -0.25) is 9.59 Å². The Morgan fingerprint density at radius 3 is 2.00 bits per heavy atom. The van der Waals surface area contributed by atoms with Gasteiger partial charge in [0.15, 0.2) is 5.92 Å². The van der Waals surface area contributed by atoms with Crippen LogP contribution in [0, 0.1) is 5.92 Å². The molecule has 88 valence electrons. The van der Waals surface area contributed by atoms with Crippen LogP contribution >= 0.6 is 22.6 Å². The number of carbonyl (C=O) groups is 2. The Balaban J connectivity index is 4.65. The monoisotopic (exact) mass is 329 g/mol. The molecule has 0 saturated carbocycles. The lowest BCUT2D eigenvalue weighted by Crippen LogP contribution is -2.41. The molecule has 0 spiro atoms. The van der Waals surface area contributed by atoms with Gasteiger partial charge in [-0.25, -0.2) is 0 Å². The Hall–Kier alpha value is -0.370. The highest BCUT2D eigenvalue weighted by molar-refractivity contribution is 14.1. The van der Waals surface area contributed by atoms with Gasteiger partial charge in [0.05, 0.1) is 11.2 Å². The minimum Gasteiger partial charge on any atom is -0.468 e. The summed E-state index contributed by atoms with van der Waals surface area (Å²) in [5, 5.41) is 0. The topological polar surface area (TPSA) is 78.6 Å². The summed E-state index contributed by atoms with van der Waals surface area (Å²) in [6, 6.07) is 0. The molecule has 5 nitrogen and oxygen atoms in total. The van der Waals surface area contributed by atoms with Crippen LogP contribution in [0.2, 0.25) is 0 Å². The molecule has 0 aliphatic rings. The number of nitrogens with two attached hydrogens (primary N) is 1. The summed E-state index contributed by atoms with van der Waals surface area (Å²) >= 11 is 1.79. The van der Waals surface area contributed by atoms with E-state index in [2.05, 4.69) is 4.74 Å². The molecule has 0 bridgehead atoms. The van der Waals surface area contributed by atoms with Crippen molar-refractivity contribution in [3.8, 4) is 0 Å². The minimum absolute atomic E-state index is 0.644. The molecular weight excluding hydrogens is 313 g/mol. The minimum atomic E-state index is -1.07. The number of alkyl halides is 1. The van der Waals surface area contributed by atoms with E-state index in [0.717, 1.165) is 0 Å². The Morgan fingerprint density at radius 1 is 1.27 bits per heavy atom. The van der Waals surface area contributed by atoms with Crippen molar-refractivity contribution in [2.75, 3.05) is 7.11 Å². The Bertz CT molecular complexity index is 247. The van der Waals surface area contributed by atoms with Crippen molar-refractivity contribution in [3.63, 3.8) is 0 Å². The third-order valence-electron chi connectivity index (χ3n) is 1.43. The largest absolute Gasteiger partial charge is 0.468 e. The van der Waals surface area contributed by atoms with Gasteiger partial charge in [-0.05, 0) is 20.8 Å². The second-order valence-electron chi connectivity index (χ2n) is 3.98. The first-order chi connectivity index (χ1) is 6.69. The molecule has 2 unspecified atom stereocenters. The van der Waals surface area contributed by atoms with E-state index in [4.69, 9.17) is 10.5 Å². The van der Waals surface area contributed by atoms with Crippen molar-refractivity contribution in [2.45, 2.75) is 30.4 Å². The van der Waals surface area contributed by atoms with E-state index in [9.17, 15) is 9.59 Å². The molecule has 0 aliphatic heterocycles. The van der Waals surface area contributed by atoms with Gasteiger partial charge in [-0.2, -0.15) is 0 Å². The van der Waals surface area contributed by atoms with E-state index in [1.807, 2.05) is 0 Å². The molecule has 0 saturated heterocycles. The second kappa shape index (κ2) is 5.64. The zero-order chi connectivity index (χ0) is 12.2. The number of hydrogen-bond donors (Lipinski definition) is 1. The molecule has 0 aromatic rings. The number of ether oxygens (including phenoxy) is 2. The molecule has 0 aromatic heterocycles. The van der Waals surface area contributed by atoms with E-state index in [1.54, 1.807) is 43.4 Å². The molecule has 0 amide bonds. The fraction of sp³-hybridized carbons (Fsp3) is 0.778. The van der Waals surface area contributed by atoms with Crippen LogP contribution < -0.4 is 5.73 Å². The summed E-state index contributed by atoms with van der Waals surface area (Å²) in [4.78, 5) is 22.9. The third kappa shape index (κ3) is 5.31. The van der Waals surface area contributed by atoms with E-state index >= 15 is 0 Å². The zero-order valence-corrected chi connectivity index (χ0v) is 11.4. The van der Waals surface area contributed by atoms with Gasteiger partial charge in [0.2, 0.25) is 0 Å². The summed E-state index contributed by atoms with van der Waals surface area (Å²) in [6.07, 6.45) is 0.